The highest BCUT2D eigenvalue weighted by molar-refractivity contribution is 6.26. The van der Waals surface area contributed by atoms with Crippen LogP contribution >= 0.6 is 0 Å². The summed E-state index contributed by atoms with van der Waals surface area (Å²) in [4.78, 5) is 0. The molecule has 2 heterocycles. The number of fused-ring (bicyclic) bond motifs is 19. The first kappa shape index (κ1) is 30.2. The molecule has 2 nitrogen and oxygen atoms in total. The molecule has 0 spiro atoms. The molecule has 2 unspecified atom stereocenters. The lowest BCUT2D eigenvalue weighted by molar-refractivity contribution is 0.663. The Kier molecular flexibility index (Phi) is 6.04. The average Bonchev–Trinajstić information content (AvgIpc) is 3.84. The Morgan fingerprint density at radius 3 is 1.57 bits per heavy atom. The van der Waals surface area contributed by atoms with Gasteiger partial charge in [0.25, 0.3) is 0 Å². The van der Waals surface area contributed by atoms with Gasteiger partial charge in [0.2, 0.25) is 0 Å². The van der Waals surface area contributed by atoms with Gasteiger partial charge in [-0.25, -0.2) is 0 Å². The van der Waals surface area contributed by atoms with E-state index < -0.39 is 0 Å². The summed E-state index contributed by atoms with van der Waals surface area (Å²) in [6.07, 6.45) is 9.11. The van der Waals surface area contributed by atoms with E-state index in [0.29, 0.717) is 11.8 Å². The van der Waals surface area contributed by atoms with E-state index in [2.05, 4.69) is 182 Å². The van der Waals surface area contributed by atoms with Crippen molar-refractivity contribution < 1.29 is 8.83 Å². The second-order valence-corrected chi connectivity index (χ2v) is 15.5. The maximum Gasteiger partial charge on any atom is 0.147 e. The molecule has 2 aliphatic carbocycles. The molecule has 0 saturated carbocycles. The molecule has 0 radical (unpaired) electrons. The van der Waals surface area contributed by atoms with Gasteiger partial charge in [-0.2, -0.15) is 0 Å². The SMILES string of the molecule is C1=CC2c3ccccc3-c3ccc(-c4ccc5oc6ccc7c8cc(-c9ccc%10c%11ccccc%11c%11ccccc%11c%10c9)ccc8oc7c6c5c4)cc3C2C=C1. The zero-order chi connectivity index (χ0) is 36.5. The summed E-state index contributed by atoms with van der Waals surface area (Å²) in [6, 6.07) is 57.8. The minimum atomic E-state index is 0.317. The highest BCUT2D eigenvalue weighted by Crippen LogP contribution is 2.50. The van der Waals surface area contributed by atoms with Crippen LogP contribution < -0.4 is 0 Å². The molecule has 2 aromatic heterocycles. The third-order valence-electron chi connectivity index (χ3n) is 12.6. The van der Waals surface area contributed by atoms with Gasteiger partial charge < -0.3 is 8.83 Å². The van der Waals surface area contributed by atoms with Gasteiger partial charge in [-0.15, -0.1) is 0 Å². The zero-order valence-corrected chi connectivity index (χ0v) is 30.3. The molecule has 13 rings (SSSR count). The summed E-state index contributed by atoms with van der Waals surface area (Å²) in [6.45, 7) is 0. The molecule has 0 fully saturated rings. The molecule has 11 aromatic rings. The van der Waals surface area contributed by atoms with Crippen LogP contribution in [0.1, 0.15) is 23.0 Å². The molecular weight excluding hydrogens is 681 g/mol. The highest BCUT2D eigenvalue weighted by atomic mass is 16.3. The monoisotopic (exact) mass is 712 g/mol. The van der Waals surface area contributed by atoms with Crippen LogP contribution in [-0.2, 0) is 0 Å². The molecule has 9 aromatic carbocycles. The van der Waals surface area contributed by atoms with Gasteiger partial charge in [0.1, 0.15) is 22.3 Å². The molecule has 0 amide bonds. The molecule has 56 heavy (non-hydrogen) atoms. The Balaban J connectivity index is 0.954. The van der Waals surface area contributed by atoms with Crippen molar-refractivity contribution in [2.24, 2.45) is 0 Å². The van der Waals surface area contributed by atoms with E-state index in [9.17, 15) is 0 Å². The van der Waals surface area contributed by atoms with E-state index in [1.165, 1.54) is 76.8 Å². The van der Waals surface area contributed by atoms with Gasteiger partial charge >= 0.3 is 0 Å². The topological polar surface area (TPSA) is 26.3 Å². The summed E-state index contributed by atoms with van der Waals surface area (Å²) >= 11 is 0. The summed E-state index contributed by atoms with van der Waals surface area (Å²) in [5.41, 5.74) is 13.6. The fourth-order valence-electron chi connectivity index (χ4n) is 10.0. The lowest BCUT2D eigenvalue weighted by Gasteiger charge is -2.34. The number of furan rings is 2. The van der Waals surface area contributed by atoms with E-state index in [1.54, 1.807) is 0 Å². The molecule has 0 bridgehead atoms. The molecule has 0 aliphatic heterocycles. The van der Waals surface area contributed by atoms with Crippen molar-refractivity contribution in [1.82, 2.24) is 0 Å². The Morgan fingerprint density at radius 2 is 0.821 bits per heavy atom. The van der Waals surface area contributed by atoms with Crippen molar-refractivity contribution in [3.63, 3.8) is 0 Å². The van der Waals surface area contributed by atoms with Crippen molar-refractivity contribution in [1.29, 1.82) is 0 Å². The fraction of sp³-hybridized carbons (Fsp3) is 0.0370. The molecule has 0 saturated heterocycles. The van der Waals surface area contributed by atoms with Crippen LogP contribution in [0, 0.1) is 0 Å². The van der Waals surface area contributed by atoms with Crippen molar-refractivity contribution in [3.8, 4) is 33.4 Å². The van der Waals surface area contributed by atoms with Crippen LogP contribution in [0.2, 0.25) is 0 Å². The van der Waals surface area contributed by atoms with Crippen LogP contribution in [-0.4, -0.2) is 0 Å². The summed E-state index contributed by atoms with van der Waals surface area (Å²) in [5.74, 6) is 0.667. The second-order valence-electron chi connectivity index (χ2n) is 15.5. The first-order valence-electron chi connectivity index (χ1n) is 19.5. The van der Waals surface area contributed by atoms with Crippen LogP contribution in [0.4, 0.5) is 0 Å². The van der Waals surface area contributed by atoms with Crippen molar-refractivity contribution in [2.45, 2.75) is 11.8 Å². The predicted octanol–water partition coefficient (Wildman–Crippen LogP) is 15.3. The number of allylic oxidation sites excluding steroid dienone is 4. The number of rotatable bonds is 2. The normalized spacial score (nSPS) is 16.1. The number of hydrogen-bond donors (Lipinski definition) is 0. The van der Waals surface area contributed by atoms with E-state index in [-0.39, 0.29) is 0 Å². The van der Waals surface area contributed by atoms with Gasteiger partial charge in [0, 0.05) is 28.0 Å². The van der Waals surface area contributed by atoms with E-state index in [0.717, 1.165) is 43.9 Å². The quantitative estimate of drug-likeness (QED) is 0.167. The Bertz CT molecular complexity index is 3520. The first-order chi connectivity index (χ1) is 27.7. The molecule has 0 N–H and O–H groups in total. The Morgan fingerprint density at radius 1 is 0.321 bits per heavy atom. The second kappa shape index (κ2) is 11.2. The first-order valence-corrected chi connectivity index (χ1v) is 19.5. The van der Waals surface area contributed by atoms with Crippen LogP contribution in [0.5, 0.6) is 0 Å². The van der Waals surface area contributed by atoms with E-state index in [4.69, 9.17) is 8.83 Å². The van der Waals surface area contributed by atoms with Gasteiger partial charge in [0.15, 0.2) is 0 Å². The van der Waals surface area contributed by atoms with Gasteiger partial charge in [-0.3, -0.25) is 0 Å². The van der Waals surface area contributed by atoms with Crippen molar-refractivity contribution in [3.05, 3.63) is 193 Å². The minimum Gasteiger partial charge on any atom is -0.456 e. The Hall–Kier alpha value is -7.16. The summed E-state index contributed by atoms with van der Waals surface area (Å²) < 4.78 is 13.2. The van der Waals surface area contributed by atoms with Gasteiger partial charge in [-0.05, 0) is 125 Å². The highest BCUT2D eigenvalue weighted by Gasteiger charge is 2.32. The predicted molar refractivity (Wildman–Crippen MR) is 234 cm³/mol. The lowest BCUT2D eigenvalue weighted by Crippen LogP contribution is -2.16. The van der Waals surface area contributed by atoms with Crippen molar-refractivity contribution in [2.75, 3.05) is 0 Å². The third kappa shape index (κ3) is 4.16. The maximum absolute atomic E-state index is 6.74. The number of benzene rings is 9. The largest absolute Gasteiger partial charge is 0.456 e. The summed E-state index contributed by atoms with van der Waals surface area (Å²) in [5, 5.41) is 12.0. The smallest absolute Gasteiger partial charge is 0.147 e. The van der Waals surface area contributed by atoms with Crippen LogP contribution in [0.3, 0.4) is 0 Å². The molecule has 2 heteroatoms. The third-order valence-corrected chi connectivity index (χ3v) is 12.6. The van der Waals surface area contributed by atoms with Gasteiger partial charge in [-0.1, -0.05) is 133 Å². The van der Waals surface area contributed by atoms with Crippen LogP contribution in [0.25, 0.3) is 110 Å². The van der Waals surface area contributed by atoms with Crippen molar-refractivity contribution >= 4 is 76.2 Å². The zero-order valence-electron chi connectivity index (χ0n) is 30.3. The summed E-state index contributed by atoms with van der Waals surface area (Å²) in [7, 11) is 0. The average molecular weight is 713 g/mol. The molecule has 260 valence electrons. The lowest BCUT2D eigenvalue weighted by atomic mass is 9.69. The standard InChI is InChI=1S/C54H32O2/c1-3-13-39-35(9-1)37-11-5-7-15-41(37)46-27-31(17-21-43(39)46)33-19-24-50-48(29-33)45-23-26-52-53(54(45)56-50)49-30-34(20-25-51(49)55-52)32-18-22-44-40-14-4-2-10-36(40)38-12-6-8-16-42(38)47(44)28-32/h1-30,38,42H. The maximum atomic E-state index is 6.74. The van der Waals surface area contributed by atoms with Crippen LogP contribution in [0.15, 0.2) is 191 Å². The fourth-order valence-corrected chi connectivity index (χ4v) is 10.0. The van der Waals surface area contributed by atoms with Gasteiger partial charge in [0.05, 0.1) is 5.39 Å². The Labute approximate surface area is 322 Å². The van der Waals surface area contributed by atoms with E-state index in [1.807, 2.05) is 0 Å². The molecule has 2 aliphatic rings. The molecular formula is C54H32O2. The minimum absolute atomic E-state index is 0.317. The number of hydrogen-bond acceptors (Lipinski definition) is 2. The van der Waals surface area contributed by atoms with E-state index >= 15 is 0 Å². The molecule has 2 atom stereocenters.